The second-order valence-electron chi connectivity index (χ2n) is 2.48. The number of Topliss-reactive ketones (excluding diaryl/α,β-unsaturated/α-hetero) is 1. The molecule has 0 N–H and O–H groups in total. The Hall–Kier alpha value is -1.07. The molecule has 0 saturated heterocycles. The summed E-state index contributed by atoms with van der Waals surface area (Å²) >= 11 is 2.59. The molecule has 2 aromatic rings. The quantitative estimate of drug-likeness (QED) is 0.728. The van der Waals surface area contributed by atoms with Crippen LogP contribution in [0, 0.1) is 0 Å². The van der Waals surface area contributed by atoms with Crippen LogP contribution in [0.1, 0.15) is 15.4 Å². The highest BCUT2D eigenvalue weighted by Crippen LogP contribution is 2.11. The molecule has 0 fully saturated rings. The number of aromatic nitrogens is 2. The van der Waals surface area contributed by atoms with Crippen molar-refractivity contribution >= 4 is 28.8 Å². The van der Waals surface area contributed by atoms with Gasteiger partial charge >= 0.3 is 0 Å². The Morgan fingerprint density at radius 1 is 1.54 bits per heavy atom. The van der Waals surface area contributed by atoms with Crippen LogP contribution >= 0.6 is 23.1 Å². The van der Waals surface area contributed by atoms with E-state index in [0.29, 0.717) is 6.42 Å². The summed E-state index contributed by atoms with van der Waals surface area (Å²) in [4.78, 5) is 12.3. The van der Waals surface area contributed by atoms with Crippen molar-refractivity contribution in [1.29, 1.82) is 0 Å². The SMILES string of the molecule is O=C(Cc1cnsn1)c1cccs1. The van der Waals surface area contributed by atoms with Crippen LogP contribution in [0.4, 0.5) is 0 Å². The topological polar surface area (TPSA) is 42.9 Å². The zero-order chi connectivity index (χ0) is 9.10. The number of carbonyl (C=O) groups excluding carboxylic acids is 1. The molecule has 2 rings (SSSR count). The van der Waals surface area contributed by atoms with Crippen molar-refractivity contribution in [2.75, 3.05) is 0 Å². The van der Waals surface area contributed by atoms with Gasteiger partial charge in [-0.15, -0.1) is 11.3 Å². The fourth-order valence-corrected chi connectivity index (χ4v) is 2.05. The van der Waals surface area contributed by atoms with Crippen molar-refractivity contribution in [3.8, 4) is 0 Å². The van der Waals surface area contributed by atoms with Crippen LogP contribution in [-0.2, 0) is 6.42 Å². The van der Waals surface area contributed by atoms with E-state index in [1.165, 1.54) is 11.3 Å². The first kappa shape index (κ1) is 8.52. The highest BCUT2D eigenvalue weighted by Gasteiger charge is 2.08. The minimum absolute atomic E-state index is 0.114. The van der Waals surface area contributed by atoms with Gasteiger partial charge in [0.15, 0.2) is 5.78 Å². The number of carbonyl (C=O) groups is 1. The minimum atomic E-state index is 0.114. The van der Waals surface area contributed by atoms with Gasteiger partial charge in [-0.2, -0.15) is 8.75 Å². The third-order valence-electron chi connectivity index (χ3n) is 1.54. The molecule has 0 aliphatic carbocycles. The van der Waals surface area contributed by atoms with E-state index in [4.69, 9.17) is 0 Å². The molecule has 0 saturated carbocycles. The lowest BCUT2D eigenvalue weighted by atomic mass is 10.2. The molecule has 2 heterocycles. The van der Waals surface area contributed by atoms with E-state index in [1.807, 2.05) is 17.5 Å². The highest BCUT2D eigenvalue weighted by atomic mass is 32.1. The van der Waals surface area contributed by atoms with Gasteiger partial charge in [0.05, 0.1) is 34.9 Å². The van der Waals surface area contributed by atoms with Gasteiger partial charge in [0.25, 0.3) is 0 Å². The van der Waals surface area contributed by atoms with E-state index >= 15 is 0 Å². The average molecular weight is 210 g/mol. The fraction of sp³-hybridized carbons (Fsp3) is 0.125. The number of hydrogen-bond acceptors (Lipinski definition) is 5. The lowest BCUT2D eigenvalue weighted by molar-refractivity contribution is 0.0996. The van der Waals surface area contributed by atoms with E-state index in [9.17, 15) is 4.79 Å². The van der Waals surface area contributed by atoms with Crippen LogP contribution in [0.15, 0.2) is 23.7 Å². The molecule has 0 aliphatic heterocycles. The van der Waals surface area contributed by atoms with E-state index in [2.05, 4.69) is 8.75 Å². The van der Waals surface area contributed by atoms with Gasteiger partial charge in [-0.25, -0.2) is 0 Å². The van der Waals surface area contributed by atoms with Gasteiger partial charge in [-0.1, -0.05) is 6.07 Å². The summed E-state index contributed by atoms with van der Waals surface area (Å²) in [7, 11) is 0. The van der Waals surface area contributed by atoms with Gasteiger partial charge in [-0.3, -0.25) is 4.79 Å². The van der Waals surface area contributed by atoms with Crippen LogP contribution in [0.3, 0.4) is 0 Å². The number of rotatable bonds is 3. The third-order valence-corrected chi connectivity index (χ3v) is 2.97. The average Bonchev–Trinajstić information content (AvgIpc) is 2.74. The maximum atomic E-state index is 11.5. The summed E-state index contributed by atoms with van der Waals surface area (Å²) < 4.78 is 7.82. The van der Waals surface area contributed by atoms with Gasteiger partial charge in [-0.05, 0) is 11.4 Å². The predicted molar refractivity (Wildman–Crippen MR) is 52.3 cm³/mol. The molecule has 0 aliphatic rings. The number of nitrogens with zero attached hydrogens (tertiary/aromatic N) is 2. The van der Waals surface area contributed by atoms with Crippen molar-refractivity contribution in [2.24, 2.45) is 0 Å². The Kier molecular flexibility index (Phi) is 2.47. The molecule has 5 heteroatoms. The van der Waals surface area contributed by atoms with Crippen molar-refractivity contribution in [2.45, 2.75) is 6.42 Å². The van der Waals surface area contributed by atoms with Gasteiger partial charge in [0, 0.05) is 0 Å². The van der Waals surface area contributed by atoms with Crippen molar-refractivity contribution in [3.05, 3.63) is 34.3 Å². The van der Waals surface area contributed by atoms with Crippen molar-refractivity contribution in [1.82, 2.24) is 8.75 Å². The molecule has 0 unspecified atom stereocenters. The molecular formula is C8H6N2OS2. The first-order chi connectivity index (χ1) is 6.36. The third kappa shape index (κ3) is 1.99. The van der Waals surface area contributed by atoms with Gasteiger partial charge in [0.2, 0.25) is 0 Å². The van der Waals surface area contributed by atoms with Crippen LogP contribution in [-0.4, -0.2) is 14.5 Å². The normalized spacial score (nSPS) is 10.2. The maximum absolute atomic E-state index is 11.5. The van der Waals surface area contributed by atoms with E-state index in [-0.39, 0.29) is 5.78 Å². The molecule has 0 bridgehead atoms. The van der Waals surface area contributed by atoms with Crippen LogP contribution in [0.5, 0.6) is 0 Å². The van der Waals surface area contributed by atoms with E-state index in [1.54, 1.807) is 6.20 Å². The summed E-state index contributed by atoms with van der Waals surface area (Å²) in [6, 6.07) is 3.70. The second kappa shape index (κ2) is 3.76. The first-order valence-corrected chi connectivity index (χ1v) is 5.30. The van der Waals surface area contributed by atoms with E-state index < -0.39 is 0 Å². The molecule has 66 valence electrons. The maximum Gasteiger partial charge on any atom is 0.178 e. The molecule has 0 atom stereocenters. The van der Waals surface area contributed by atoms with Gasteiger partial charge in [0.1, 0.15) is 0 Å². The summed E-state index contributed by atoms with van der Waals surface area (Å²) in [6.07, 6.45) is 1.99. The summed E-state index contributed by atoms with van der Waals surface area (Å²) in [6.45, 7) is 0. The zero-order valence-corrected chi connectivity index (χ0v) is 8.27. The fourth-order valence-electron chi connectivity index (χ4n) is 0.951. The lowest BCUT2D eigenvalue weighted by Crippen LogP contribution is -2.00. The summed E-state index contributed by atoms with van der Waals surface area (Å²) in [5.74, 6) is 0.114. The molecule has 3 nitrogen and oxygen atoms in total. The number of ketones is 1. The molecule has 13 heavy (non-hydrogen) atoms. The Morgan fingerprint density at radius 2 is 2.46 bits per heavy atom. The van der Waals surface area contributed by atoms with Crippen molar-refractivity contribution in [3.63, 3.8) is 0 Å². The molecule has 0 aromatic carbocycles. The zero-order valence-electron chi connectivity index (χ0n) is 6.64. The highest BCUT2D eigenvalue weighted by molar-refractivity contribution is 7.12. The first-order valence-electron chi connectivity index (χ1n) is 3.69. The number of thiophene rings is 1. The second-order valence-corrected chi connectivity index (χ2v) is 3.98. The Bertz CT molecular complexity index is 380. The number of hydrogen-bond donors (Lipinski definition) is 0. The van der Waals surface area contributed by atoms with Gasteiger partial charge < -0.3 is 0 Å². The van der Waals surface area contributed by atoms with Crippen molar-refractivity contribution < 1.29 is 4.79 Å². The Morgan fingerprint density at radius 3 is 3.08 bits per heavy atom. The molecular weight excluding hydrogens is 204 g/mol. The monoisotopic (exact) mass is 210 g/mol. The van der Waals surface area contributed by atoms with Crippen LogP contribution in [0.25, 0.3) is 0 Å². The van der Waals surface area contributed by atoms with Crippen LogP contribution in [0.2, 0.25) is 0 Å². The molecule has 0 radical (unpaired) electrons. The Labute approximate surface area is 83.4 Å². The lowest BCUT2D eigenvalue weighted by Gasteiger charge is -1.91. The summed E-state index contributed by atoms with van der Waals surface area (Å²) in [5.41, 5.74) is 0.753. The predicted octanol–water partition coefficient (Wildman–Crippen LogP) is 2.02. The summed E-state index contributed by atoms with van der Waals surface area (Å²) in [5, 5.41) is 1.90. The minimum Gasteiger partial charge on any atom is -0.293 e. The standard InChI is InChI=1S/C8H6N2OS2/c11-7(8-2-1-3-12-8)4-6-5-9-13-10-6/h1-3,5H,4H2. The molecule has 2 aromatic heterocycles. The largest absolute Gasteiger partial charge is 0.293 e. The Balaban J connectivity index is 2.08. The van der Waals surface area contributed by atoms with Crippen LogP contribution < -0.4 is 0 Å². The smallest absolute Gasteiger partial charge is 0.178 e. The molecule has 0 amide bonds. The molecule has 0 spiro atoms. The van der Waals surface area contributed by atoms with E-state index in [0.717, 1.165) is 22.3 Å².